The van der Waals surface area contributed by atoms with E-state index in [1.807, 2.05) is 4.90 Å². The monoisotopic (exact) mass is 279 g/mol. The number of carboxylic acids is 1. The van der Waals surface area contributed by atoms with Gasteiger partial charge in [-0.25, -0.2) is 0 Å². The van der Waals surface area contributed by atoms with Crippen LogP contribution >= 0.6 is 0 Å². The zero-order chi connectivity index (χ0) is 13.9. The van der Waals surface area contributed by atoms with Crippen molar-refractivity contribution < 1.29 is 19.4 Å². The summed E-state index contributed by atoms with van der Waals surface area (Å²) in [4.78, 5) is 25.6. The average Bonchev–Trinajstić information content (AvgIpc) is 3.08. The van der Waals surface area contributed by atoms with E-state index in [1.54, 1.807) is 0 Å². The summed E-state index contributed by atoms with van der Waals surface area (Å²) in [5, 5.41) is 9.12. The van der Waals surface area contributed by atoms with Gasteiger partial charge in [-0.2, -0.15) is 0 Å². The second kappa shape index (κ2) is 4.45. The van der Waals surface area contributed by atoms with Gasteiger partial charge in [-0.1, -0.05) is 0 Å². The molecule has 3 aliphatic heterocycles. The Balaban J connectivity index is 1.39. The highest BCUT2D eigenvalue weighted by Crippen LogP contribution is 2.52. The number of piperidine rings is 1. The van der Waals surface area contributed by atoms with Gasteiger partial charge >= 0.3 is 5.97 Å². The molecule has 4 fully saturated rings. The summed E-state index contributed by atoms with van der Waals surface area (Å²) in [5.74, 6) is 0.0146. The van der Waals surface area contributed by atoms with E-state index < -0.39 is 5.97 Å². The lowest BCUT2D eigenvalue weighted by Crippen LogP contribution is -2.43. The highest BCUT2D eigenvalue weighted by molar-refractivity contribution is 5.80. The molecule has 6 atom stereocenters. The topological polar surface area (TPSA) is 66.8 Å². The molecule has 0 aromatic heterocycles. The molecule has 3 heterocycles. The van der Waals surface area contributed by atoms with Crippen molar-refractivity contribution in [1.29, 1.82) is 0 Å². The van der Waals surface area contributed by atoms with Crippen LogP contribution in [0.1, 0.15) is 32.1 Å². The van der Waals surface area contributed by atoms with Crippen molar-refractivity contribution in [3.05, 3.63) is 0 Å². The third-order valence-corrected chi connectivity index (χ3v) is 5.73. The molecule has 110 valence electrons. The summed E-state index contributed by atoms with van der Waals surface area (Å²) in [6.45, 7) is 1.41. The molecule has 5 nitrogen and oxygen atoms in total. The van der Waals surface area contributed by atoms with Crippen molar-refractivity contribution in [2.45, 2.75) is 44.3 Å². The van der Waals surface area contributed by atoms with Gasteiger partial charge in [-0.15, -0.1) is 0 Å². The maximum Gasteiger partial charge on any atom is 0.307 e. The number of carbonyl (C=O) groups excluding carboxylic acids is 1. The van der Waals surface area contributed by atoms with Crippen LogP contribution in [0, 0.1) is 23.7 Å². The number of ether oxygens (including phenoxy) is 1. The lowest BCUT2D eigenvalue weighted by molar-refractivity contribution is -0.143. The Labute approximate surface area is 118 Å². The van der Waals surface area contributed by atoms with Gasteiger partial charge in [-0.05, 0) is 43.9 Å². The molecule has 1 unspecified atom stereocenters. The lowest BCUT2D eigenvalue weighted by atomic mass is 9.93. The van der Waals surface area contributed by atoms with Crippen LogP contribution in [0.25, 0.3) is 0 Å². The number of likely N-dealkylation sites (tertiary alicyclic amines) is 1. The van der Waals surface area contributed by atoms with Crippen LogP contribution in [-0.4, -0.2) is 47.2 Å². The minimum absolute atomic E-state index is 0.111. The van der Waals surface area contributed by atoms with E-state index in [9.17, 15) is 9.59 Å². The number of amides is 1. The maximum absolute atomic E-state index is 12.6. The molecular weight excluding hydrogens is 258 g/mol. The first-order chi connectivity index (χ1) is 9.63. The second-order valence-corrected chi connectivity index (χ2v) is 6.89. The molecule has 0 spiro atoms. The fourth-order valence-corrected chi connectivity index (χ4v) is 4.62. The van der Waals surface area contributed by atoms with Gasteiger partial charge in [0.05, 0.1) is 18.1 Å². The normalized spacial score (nSPS) is 45.9. The molecule has 4 aliphatic rings. The summed E-state index contributed by atoms with van der Waals surface area (Å²) in [6.07, 6.45) is 5.36. The number of carbonyl (C=O) groups is 2. The smallest absolute Gasteiger partial charge is 0.307 e. The van der Waals surface area contributed by atoms with Crippen LogP contribution < -0.4 is 0 Å². The first-order valence-corrected chi connectivity index (χ1v) is 7.80. The maximum atomic E-state index is 12.6. The number of fused-ring (bicyclic) bond motifs is 3. The van der Waals surface area contributed by atoms with E-state index in [4.69, 9.17) is 9.84 Å². The Morgan fingerprint density at radius 2 is 1.75 bits per heavy atom. The molecule has 20 heavy (non-hydrogen) atoms. The Morgan fingerprint density at radius 1 is 1.05 bits per heavy atom. The minimum atomic E-state index is -0.682. The Morgan fingerprint density at radius 3 is 2.40 bits per heavy atom. The highest BCUT2D eigenvalue weighted by atomic mass is 16.5. The standard InChI is InChI=1S/C15H21NO4/c17-14(8-5-9-1-2-10(6-8)20-9)16-4-3-11-12(7-16)13(11)15(18)19/h8-13H,1-7H2,(H,18,19)/t8?,9-,10+,11-,12+,13-/m1/s1. The van der Waals surface area contributed by atoms with Gasteiger partial charge in [0.25, 0.3) is 0 Å². The molecule has 5 heteroatoms. The van der Waals surface area contributed by atoms with Crippen molar-refractivity contribution in [2.24, 2.45) is 23.7 Å². The van der Waals surface area contributed by atoms with E-state index in [1.165, 1.54) is 0 Å². The summed E-state index contributed by atoms with van der Waals surface area (Å²) in [7, 11) is 0. The Bertz CT molecular complexity index is 439. The van der Waals surface area contributed by atoms with Gasteiger partial charge in [0, 0.05) is 19.0 Å². The van der Waals surface area contributed by atoms with E-state index in [-0.39, 0.29) is 35.9 Å². The Kier molecular flexibility index (Phi) is 2.81. The lowest BCUT2D eigenvalue weighted by Gasteiger charge is -2.34. The number of hydrogen-bond donors (Lipinski definition) is 1. The van der Waals surface area contributed by atoms with Crippen LogP contribution in [0.5, 0.6) is 0 Å². The molecule has 0 radical (unpaired) electrons. The molecule has 0 aromatic rings. The first-order valence-electron chi connectivity index (χ1n) is 7.80. The molecule has 4 rings (SSSR count). The number of rotatable bonds is 2. The fourth-order valence-electron chi connectivity index (χ4n) is 4.62. The van der Waals surface area contributed by atoms with E-state index in [0.717, 1.165) is 38.6 Å². The van der Waals surface area contributed by atoms with Gasteiger partial charge in [-0.3, -0.25) is 9.59 Å². The molecule has 3 saturated heterocycles. The number of aliphatic carboxylic acids is 1. The van der Waals surface area contributed by atoms with Crippen LogP contribution in [0.3, 0.4) is 0 Å². The SMILES string of the molecule is O=C(O)[C@@H]1[C@@H]2CCN(C(=O)C3C[C@H]4CC[C@@H](C3)O4)C[C@@H]21. The highest BCUT2D eigenvalue weighted by Gasteiger charge is 2.57. The summed E-state index contributed by atoms with van der Waals surface area (Å²) >= 11 is 0. The fraction of sp³-hybridized carbons (Fsp3) is 0.867. The van der Waals surface area contributed by atoms with E-state index in [0.29, 0.717) is 12.5 Å². The summed E-state index contributed by atoms with van der Waals surface area (Å²) in [5.41, 5.74) is 0. The van der Waals surface area contributed by atoms with Crippen LogP contribution in [-0.2, 0) is 14.3 Å². The van der Waals surface area contributed by atoms with Gasteiger partial charge in [0.1, 0.15) is 0 Å². The second-order valence-electron chi connectivity index (χ2n) is 6.89. The first kappa shape index (κ1) is 12.6. The number of hydrogen-bond acceptors (Lipinski definition) is 3. The van der Waals surface area contributed by atoms with Gasteiger partial charge < -0.3 is 14.7 Å². The molecular formula is C15H21NO4. The predicted octanol–water partition coefficient (Wildman–Crippen LogP) is 1.12. The van der Waals surface area contributed by atoms with Crippen molar-refractivity contribution in [2.75, 3.05) is 13.1 Å². The van der Waals surface area contributed by atoms with Crippen LogP contribution in [0.2, 0.25) is 0 Å². The molecule has 1 saturated carbocycles. The van der Waals surface area contributed by atoms with Crippen molar-refractivity contribution >= 4 is 11.9 Å². The summed E-state index contributed by atoms with van der Waals surface area (Å²) in [6, 6.07) is 0. The number of nitrogens with zero attached hydrogens (tertiary/aromatic N) is 1. The predicted molar refractivity (Wildman–Crippen MR) is 69.9 cm³/mol. The van der Waals surface area contributed by atoms with Crippen molar-refractivity contribution in [1.82, 2.24) is 4.90 Å². The third kappa shape index (κ3) is 1.94. The van der Waals surface area contributed by atoms with Crippen LogP contribution in [0.4, 0.5) is 0 Å². The quantitative estimate of drug-likeness (QED) is 0.822. The minimum Gasteiger partial charge on any atom is -0.481 e. The number of carboxylic acid groups (broad SMARTS) is 1. The van der Waals surface area contributed by atoms with Crippen molar-refractivity contribution in [3.8, 4) is 0 Å². The van der Waals surface area contributed by atoms with E-state index in [2.05, 4.69) is 0 Å². The molecule has 1 aliphatic carbocycles. The van der Waals surface area contributed by atoms with Crippen LogP contribution in [0.15, 0.2) is 0 Å². The zero-order valence-electron chi connectivity index (χ0n) is 11.5. The molecule has 2 bridgehead atoms. The summed E-state index contributed by atoms with van der Waals surface area (Å²) < 4.78 is 5.79. The van der Waals surface area contributed by atoms with Gasteiger partial charge in [0.2, 0.25) is 5.91 Å². The zero-order valence-corrected chi connectivity index (χ0v) is 11.5. The third-order valence-electron chi connectivity index (χ3n) is 5.73. The van der Waals surface area contributed by atoms with Crippen molar-refractivity contribution in [3.63, 3.8) is 0 Å². The average molecular weight is 279 g/mol. The Hall–Kier alpha value is -1.10. The molecule has 1 N–H and O–H groups in total. The van der Waals surface area contributed by atoms with E-state index >= 15 is 0 Å². The van der Waals surface area contributed by atoms with Gasteiger partial charge in [0.15, 0.2) is 0 Å². The molecule has 0 aromatic carbocycles. The molecule has 1 amide bonds. The largest absolute Gasteiger partial charge is 0.481 e.